The Morgan fingerprint density at radius 1 is 1.00 bits per heavy atom. The minimum absolute atomic E-state index is 0.144. The van der Waals surface area contributed by atoms with Gasteiger partial charge in [0.15, 0.2) is 0 Å². The third kappa shape index (κ3) is 5.82. The summed E-state index contributed by atoms with van der Waals surface area (Å²) < 4.78 is 41.2. The molecule has 1 aliphatic rings. The fraction of sp³-hybridized carbons (Fsp3) is 0.440. The van der Waals surface area contributed by atoms with Crippen molar-refractivity contribution in [2.24, 2.45) is 0 Å². The first-order chi connectivity index (χ1) is 16.2. The van der Waals surface area contributed by atoms with E-state index in [1.54, 1.807) is 39.0 Å². The van der Waals surface area contributed by atoms with Gasteiger partial charge in [-0.25, -0.2) is 12.8 Å². The van der Waals surface area contributed by atoms with Crippen molar-refractivity contribution in [1.82, 2.24) is 9.62 Å². The van der Waals surface area contributed by atoms with E-state index in [1.807, 2.05) is 0 Å². The number of rotatable bonds is 8. The average molecular weight is 490 g/mol. The maximum Gasteiger partial charge on any atom is 0.258 e. The topological polar surface area (TPSA) is 95.6 Å². The van der Waals surface area contributed by atoms with Crippen LogP contribution in [0.1, 0.15) is 72.2 Å². The summed E-state index contributed by atoms with van der Waals surface area (Å²) in [5.74, 6) is -1.75. The van der Waals surface area contributed by atoms with Crippen LogP contribution in [-0.2, 0) is 10.0 Å². The summed E-state index contributed by atoms with van der Waals surface area (Å²) in [5.41, 5.74) is 1.17. The number of anilines is 1. The molecule has 0 spiro atoms. The molecule has 0 radical (unpaired) electrons. The molecule has 1 fully saturated rings. The molecule has 34 heavy (non-hydrogen) atoms. The standard InChI is InChI=1S/C25H32FN3O4S/c1-4-29(5-2)34(32,33)20-12-13-22(26)21(16-20)25(31)28-23-14-11-18(15-17(23)3)24(30)27-19-9-7-6-8-10-19/h11-16,19H,4-10H2,1-3H3,(H,27,30)(H,28,31). The van der Waals surface area contributed by atoms with Crippen LogP contribution < -0.4 is 10.6 Å². The first-order valence-corrected chi connectivity index (χ1v) is 13.1. The minimum Gasteiger partial charge on any atom is -0.349 e. The van der Waals surface area contributed by atoms with Gasteiger partial charge in [0.25, 0.3) is 11.8 Å². The van der Waals surface area contributed by atoms with Gasteiger partial charge in [0.05, 0.1) is 10.5 Å². The number of amides is 2. The van der Waals surface area contributed by atoms with E-state index in [0.717, 1.165) is 43.9 Å². The van der Waals surface area contributed by atoms with Crippen molar-refractivity contribution < 1.29 is 22.4 Å². The number of nitrogens with zero attached hydrogens (tertiary/aromatic N) is 1. The van der Waals surface area contributed by atoms with Crippen LogP contribution in [0, 0.1) is 12.7 Å². The van der Waals surface area contributed by atoms with Crippen molar-refractivity contribution in [3.63, 3.8) is 0 Å². The van der Waals surface area contributed by atoms with Crippen LogP contribution in [0.5, 0.6) is 0 Å². The Hall–Kier alpha value is -2.78. The Morgan fingerprint density at radius 3 is 2.29 bits per heavy atom. The van der Waals surface area contributed by atoms with Crippen LogP contribution in [0.25, 0.3) is 0 Å². The molecule has 0 aromatic heterocycles. The fourth-order valence-electron chi connectivity index (χ4n) is 4.20. The van der Waals surface area contributed by atoms with Crippen molar-refractivity contribution in [2.75, 3.05) is 18.4 Å². The van der Waals surface area contributed by atoms with Crippen LogP contribution in [-0.4, -0.2) is 43.7 Å². The van der Waals surface area contributed by atoms with Gasteiger partial charge >= 0.3 is 0 Å². The predicted octanol–water partition coefficient (Wildman–Crippen LogP) is 4.48. The summed E-state index contributed by atoms with van der Waals surface area (Å²) in [5, 5.41) is 5.69. The summed E-state index contributed by atoms with van der Waals surface area (Å²) in [4.78, 5) is 25.3. The second-order valence-corrected chi connectivity index (χ2v) is 10.5. The number of hydrogen-bond donors (Lipinski definition) is 2. The zero-order valence-corrected chi connectivity index (χ0v) is 20.7. The monoisotopic (exact) mass is 489 g/mol. The van der Waals surface area contributed by atoms with Gasteiger partial charge in [0, 0.05) is 30.4 Å². The Bertz CT molecular complexity index is 1160. The van der Waals surface area contributed by atoms with Crippen molar-refractivity contribution >= 4 is 27.5 Å². The Morgan fingerprint density at radius 2 is 1.68 bits per heavy atom. The number of carbonyl (C=O) groups excluding carboxylic acids is 2. The van der Waals surface area contributed by atoms with Crippen LogP contribution in [0.2, 0.25) is 0 Å². The molecule has 2 aromatic carbocycles. The lowest BCUT2D eigenvalue weighted by Crippen LogP contribution is -2.36. The molecule has 2 aromatic rings. The highest BCUT2D eigenvalue weighted by Gasteiger charge is 2.24. The Balaban J connectivity index is 1.77. The lowest BCUT2D eigenvalue weighted by atomic mass is 9.95. The lowest BCUT2D eigenvalue weighted by molar-refractivity contribution is 0.0927. The first-order valence-electron chi connectivity index (χ1n) is 11.7. The van der Waals surface area contributed by atoms with E-state index < -0.39 is 21.7 Å². The van der Waals surface area contributed by atoms with Crippen molar-refractivity contribution in [2.45, 2.75) is 63.8 Å². The zero-order valence-electron chi connectivity index (χ0n) is 19.9. The molecule has 184 valence electrons. The Labute approximate surface area is 200 Å². The highest BCUT2D eigenvalue weighted by Crippen LogP contribution is 2.23. The molecule has 7 nitrogen and oxygen atoms in total. The van der Waals surface area contributed by atoms with Crippen LogP contribution in [0.3, 0.4) is 0 Å². The molecule has 9 heteroatoms. The van der Waals surface area contributed by atoms with Gasteiger partial charge in [-0.1, -0.05) is 33.1 Å². The number of aryl methyl sites for hydroxylation is 1. The number of carbonyl (C=O) groups is 2. The van der Waals surface area contributed by atoms with Crippen LogP contribution >= 0.6 is 0 Å². The summed E-state index contributed by atoms with van der Waals surface area (Å²) in [7, 11) is -3.84. The summed E-state index contributed by atoms with van der Waals surface area (Å²) >= 11 is 0. The Kier molecular flexibility index (Phi) is 8.43. The van der Waals surface area contributed by atoms with Gasteiger partial charge in [-0.15, -0.1) is 0 Å². The number of nitrogens with one attached hydrogen (secondary N) is 2. The van der Waals surface area contributed by atoms with Crippen LogP contribution in [0.4, 0.5) is 10.1 Å². The largest absolute Gasteiger partial charge is 0.349 e. The van der Waals surface area contributed by atoms with E-state index in [0.29, 0.717) is 16.8 Å². The van der Waals surface area contributed by atoms with E-state index >= 15 is 0 Å². The van der Waals surface area contributed by atoms with Crippen molar-refractivity contribution in [3.05, 3.63) is 58.9 Å². The van der Waals surface area contributed by atoms with Crippen LogP contribution in [0.15, 0.2) is 41.3 Å². The van der Waals surface area contributed by atoms with E-state index in [9.17, 15) is 22.4 Å². The number of benzene rings is 2. The summed E-state index contributed by atoms with van der Waals surface area (Å²) in [6.07, 6.45) is 5.39. The molecule has 3 rings (SSSR count). The second kappa shape index (κ2) is 11.1. The van der Waals surface area contributed by atoms with Gasteiger partial charge < -0.3 is 10.6 Å². The lowest BCUT2D eigenvalue weighted by Gasteiger charge is -2.23. The molecule has 0 unspecified atom stereocenters. The zero-order chi connectivity index (χ0) is 24.9. The maximum atomic E-state index is 14.4. The van der Waals surface area contributed by atoms with E-state index in [2.05, 4.69) is 10.6 Å². The SMILES string of the molecule is CCN(CC)S(=O)(=O)c1ccc(F)c(C(=O)Nc2ccc(C(=O)NC3CCCCC3)cc2C)c1. The normalized spacial score (nSPS) is 14.7. The van der Waals surface area contributed by atoms with Crippen molar-refractivity contribution in [3.8, 4) is 0 Å². The van der Waals surface area contributed by atoms with Gasteiger partial charge in [-0.05, 0) is 61.7 Å². The molecule has 0 atom stereocenters. The fourth-order valence-corrected chi connectivity index (χ4v) is 5.69. The molecule has 1 saturated carbocycles. The quantitative estimate of drug-likeness (QED) is 0.572. The highest BCUT2D eigenvalue weighted by atomic mass is 32.2. The number of halogens is 1. The van der Waals surface area contributed by atoms with Crippen molar-refractivity contribution in [1.29, 1.82) is 0 Å². The number of sulfonamides is 1. The molecule has 2 N–H and O–H groups in total. The summed E-state index contributed by atoms with van der Waals surface area (Å²) in [6, 6.07) is 8.26. The maximum absolute atomic E-state index is 14.4. The highest BCUT2D eigenvalue weighted by molar-refractivity contribution is 7.89. The van der Waals surface area contributed by atoms with E-state index in [-0.39, 0.29) is 35.5 Å². The molecule has 1 aliphatic carbocycles. The van der Waals surface area contributed by atoms with Gasteiger partial charge in [0.2, 0.25) is 10.0 Å². The van der Waals surface area contributed by atoms with E-state index in [4.69, 9.17) is 0 Å². The minimum atomic E-state index is -3.84. The van der Waals surface area contributed by atoms with Gasteiger partial charge in [-0.2, -0.15) is 4.31 Å². The molecule has 0 aliphatic heterocycles. The average Bonchev–Trinajstić information content (AvgIpc) is 2.81. The smallest absolute Gasteiger partial charge is 0.258 e. The summed E-state index contributed by atoms with van der Waals surface area (Å²) in [6.45, 7) is 5.68. The number of hydrogen-bond acceptors (Lipinski definition) is 4. The first kappa shape index (κ1) is 25.8. The van der Waals surface area contributed by atoms with Gasteiger partial charge in [-0.3, -0.25) is 9.59 Å². The molecule has 0 heterocycles. The molecule has 0 bridgehead atoms. The molecular formula is C25H32FN3O4S. The third-order valence-electron chi connectivity index (χ3n) is 6.20. The molecule has 2 amide bonds. The predicted molar refractivity (Wildman–Crippen MR) is 130 cm³/mol. The molecule has 0 saturated heterocycles. The van der Waals surface area contributed by atoms with Gasteiger partial charge in [0.1, 0.15) is 5.82 Å². The third-order valence-corrected chi connectivity index (χ3v) is 8.25. The van der Waals surface area contributed by atoms with E-state index in [1.165, 1.54) is 10.7 Å². The second-order valence-electron chi connectivity index (χ2n) is 8.52. The molecular weight excluding hydrogens is 457 g/mol.